The maximum Gasteiger partial charge on any atom is 0.309 e. The summed E-state index contributed by atoms with van der Waals surface area (Å²) in [6.45, 7) is 2.81. The Morgan fingerprint density at radius 1 is 1.33 bits per heavy atom. The molecule has 0 amide bonds. The highest BCUT2D eigenvalue weighted by molar-refractivity contribution is 7.80. The number of methoxy groups -OCH3 is 1. The van der Waals surface area contributed by atoms with Gasteiger partial charge in [0.2, 0.25) is 0 Å². The lowest BCUT2D eigenvalue weighted by Gasteiger charge is -2.13. The van der Waals surface area contributed by atoms with Crippen LogP contribution in [0.5, 0.6) is 5.75 Å². The number of thiol groups is 1. The van der Waals surface area contributed by atoms with E-state index in [1.54, 1.807) is 0 Å². The Kier molecular flexibility index (Phi) is 6.65. The maximum absolute atomic E-state index is 11.1. The second-order valence-electron chi connectivity index (χ2n) is 4.16. The molecule has 0 spiro atoms. The lowest BCUT2D eigenvalue weighted by atomic mass is 10.1. The molecule has 0 aliphatic carbocycles. The monoisotopic (exact) mass is 268 g/mol. The van der Waals surface area contributed by atoms with Crippen molar-refractivity contribution in [3.8, 4) is 5.75 Å². The summed E-state index contributed by atoms with van der Waals surface area (Å²) in [6.07, 6.45) is 1.36. The summed E-state index contributed by atoms with van der Waals surface area (Å²) in [5.74, 6) is 1.90. The third kappa shape index (κ3) is 5.00. The van der Waals surface area contributed by atoms with Crippen LogP contribution in [0.4, 0.5) is 0 Å². The molecule has 0 saturated heterocycles. The number of rotatable bonds is 7. The average molecular weight is 268 g/mol. The number of hydrogen-bond donors (Lipinski definition) is 1. The van der Waals surface area contributed by atoms with Gasteiger partial charge in [-0.05, 0) is 29.9 Å². The van der Waals surface area contributed by atoms with Gasteiger partial charge in [-0.3, -0.25) is 4.79 Å². The quantitative estimate of drug-likeness (QED) is 0.610. The van der Waals surface area contributed by atoms with Gasteiger partial charge in [-0.1, -0.05) is 19.1 Å². The van der Waals surface area contributed by atoms with Crippen molar-refractivity contribution in [1.82, 2.24) is 0 Å². The van der Waals surface area contributed by atoms with Crippen molar-refractivity contribution in [2.24, 2.45) is 5.92 Å². The highest BCUT2D eigenvalue weighted by atomic mass is 32.1. The van der Waals surface area contributed by atoms with Crippen molar-refractivity contribution >= 4 is 18.6 Å². The van der Waals surface area contributed by atoms with E-state index in [0.717, 1.165) is 23.5 Å². The van der Waals surface area contributed by atoms with E-state index in [1.165, 1.54) is 7.11 Å². The fraction of sp³-hybridized carbons (Fsp3) is 0.500. The zero-order chi connectivity index (χ0) is 13.4. The van der Waals surface area contributed by atoms with Crippen LogP contribution in [0.2, 0.25) is 0 Å². The van der Waals surface area contributed by atoms with Crippen molar-refractivity contribution in [2.75, 3.05) is 19.5 Å². The zero-order valence-corrected chi connectivity index (χ0v) is 11.8. The SMILES string of the molecule is CCC(CS)COc1ccc(CC(=O)OC)cc1. The van der Waals surface area contributed by atoms with Crippen molar-refractivity contribution in [3.63, 3.8) is 0 Å². The average Bonchev–Trinajstić information content (AvgIpc) is 2.41. The highest BCUT2D eigenvalue weighted by Crippen LogP contribution is 2.15. The number of carbonyl (C=O) groups excluding carboxylic acids is 1. The van der Waals surface area contributed by atoms with Gasteiger partial charge < -0.3 is 9.47 Å². The second-order valence-corrected chi connectivity index (χ2v) is 4.53. The van der Waals surface area contributed by atoms with Gasteiger partial charge in [0, 0.05) is 5.92 Å². The number of ether oxygens (including phenoxy) is 2. The molecule has 3 nitrogen and oxygen atoms in total. The van der Waals surface area contributed by atoms with Gasteiger partial charge in [0.05, 0.1) is 20.1 Å². The van der Waals surface area contributed by atoms with E-state index in [1.807, 2.05) is 24.3 Å². The first-order chi connectivity index (χ1) is 8.69. The van der Waals surface area contributed by atoms with Crippen molar-refractivity contribution in [2.45, 2.75) is 19.8 Å². The van der Waals surface area contributed by atoms with E-state index in [2.05, 4.69) is 24.3 Å². The fourth-order valence-electron chi connectivity index (χ4n) is 1.46. The van der Waals surface area contributed by atoms with Gasteiger partial charge in [0.15, 0.2) is 0 Å². The van der Waals surface area contributed by atoms with Gasteiger partial charge >= 0.3 is 5.97 Å². The second kappa shape index (κ2) is 8.03. The smallest absolute Gasteiger partial charge is 0.309 e. The molecule has 18 heavy (non-hydrogen) atoms. The molecular weight excluding hydrogens is 248 g/mol. The minimum absolute atomic E-state index is 0.232. The predicted molar refractivity (Wildman–Crippen MR) is 75.3 cm³/mol. The summed E-state index contributed by atoms with van der Waals surface area (Å²) < 4.78 is 10.3. The van der Waals surface area contributed by atoms with E-state index in [-0.39, 0.29) is 5.97 Å². The van der Waals surface area contributed by atoms with Crippen LogP contribution in [-0.4, -0.2) is 25.4 Å². The Bertz CT molecular complexity index is 358. The fourth-order valence-corrected chi connectivity index (χ4v) is 1.82. The first-order valence-corrected chi connectivity index (χ1v) is 6.72. The summed E-state index contributed by atoms with van der Waals surface area (Å²) in [5, 5.41) is 0. The Labute approximate surface area is 114 Å². The molecule has 0 radical (unpaired) electrons. The van der Waals surface area contributed by atoms with Gasteiger partial charge in [0.25, 0.3) is 0 Å². The van der Waals surface area contributed by atoms with Crippen LogP contribution in [0.3, 0.4) is 0 Å². The van der Waals surface area contributed by atoms with E-state index in [4.69, 9.17) is 4.74 Å². The molecule has 100 valence electrons. The zero-order valence-electron chi connectivity index (χ0n) is 10.9. The minimum Gasteiger partial charge on any atom is -0.493 e. The van der Waals surface area contributed by atoms with Crippen LogP contribution in [0, 0.1) is 5.92 Å². The lowest BCUT2D eigenvalue weighted by Crippen LogP contribution is -2.12. The standard InChI is InChI=1S/C14H20O3S/c1-3-11(10-18)9-17-13-6-4-12(5-7-13)8-14(15)16-2/h4-7,11,18H,3,8-10H2,1-2H3. The topological polar surface area (TPSA) is 35.5 Å². The predicted octanol–water partition coefficient (Wildman–Crippen LogP) is 2.74. The van der Waals surface area contributed by atoms with E-state index in [0.29, 0.717) is 18.9 Å². The van der Waals surface area contributed by atoms with Crippen LogP contribution < -0.4 is 4.74 Å². The summed E-state index contributed by atoms with van der Waals surface area (Å²) in [6, 6.07) is 7.52. The first-order valence-electron chi connectivity index (χ1n) is 6.09. The molecule has 0 aliphatic heterocycles. The normalized spacial score (nSPS) is 11.9. The number of esters is 1. The van der Waals surface area contributed by atoms with Crippen LogP contribution in [0.1, 0.15) is 18.9 Å². The molecule has 1 unspecified atom stereocenters. The van der Waals surface area contributed by atoms with E-state index in [9.17, 15) is 4.79 Å². The van der Waals surface area contributed by atoms with Gasteiger partial charge in [0.1, 0.15) is 5.75 Å². The molecule has 0 aliphatic rings. The van der Waals surface area contributed by atoms with Crippen LogP contribution >= 0.6 is 12.6 Å². The summed E-state index contributed by atoms with van der Waals surface area (Å²) in [5.41, 5.74) is 0.926. The number of benzene rings is 1. The van der Waals surface area contributed by atoms with Crippen LogP contribution in [0.25, 0.3) is 0 Å². The number of hydrogen-bond acceptors (Lipinski definition) is 4. The Balaban J connectivity index is 2.47. The number of carbonyl (C=O) groups is 1. The maximum atomic E-state index is 11.1. The first kappa shape index (κ1) is 14.9. The lowest BCUT2D eigenvalue weighted by molar-refractivity contribution is -0.139. The molecule has 0 bridgehead atoms. The van der Waals surface area contributed by atoms with Crippen LogP contribution in [0.15, 0.2) is 24.3 Å². The van der Waals surface area contributed by atoms with Gasteiger partial charge in [-0.2, -0.15) is 12.6 Å². The minimum atomic E-state index is -0.232. The summed E-state index contributed by atoms with van der Waals surface area (Å²) in [7, 11) is 1.39. The third-order valence-electron chi connectivity index (χ3n) is 2.82. The molecule has 1 rings (SSSR count). The molecule has 1 aromatic rings. The van der Waals surface area contributed by atoms with E-state index < -0.39 is 0 Å². The van der Waals surface area contributed by atoms with E-state index >= 15 is 0 Å². The molecule has 4 heteroatoms. The molecule has 1 aromatic carbocycles. The largest absolute Gasteiger partial charge is 0.493 e. The highest BCUT2D eigenvalue weighted by Gasteiger charge is 2.06. The summed E-state index contributed by atoms with van der Waals surface area (Å²) in [4.78, 5) is 11.1. The Morgan fingerprint density at radius 2 is 2.00 bits per heavy atom. The van der Waals surface area contributed by atoms with Gasteiger partial charge in [-0.25, -0.2) is 0 Å². The van der Waals surface area contributed by atoms with Crippen molar-refractivity contribution < 1.29 is 14.3 Å². The Morgan fingerprint density at radius 3 is 2.50 bits per heavy atom. The third-order valence-corrected chi connectivity index (χ3v) is 3.34. The molecule has 0 heterocycles. The summed E-state index contributed by atoms with van der Waals surface area (Å²) >= 11 is 4.28. The molecule has 0 N–H and O–H groups in total. The molecule has 0 fully saturated rings. The molecule has 1 atom stereocenters. The van der Waals surface area contributed by atoms with Crippen LogP contribution in [-0.2, 0) is 16.0 Å². The van der Waals surface area contributed by atoms with Crippen molar-refractivity contribution in [1.29, 1.82) is 0 Å². The van der Waals surface area contributed by atoms with Crippen molar-refractivity contribution in [3.05, 3.63) is 29.8 Å². The molecule has 0 aromatic heterocycles. The van der Waals surface area contributed by atoms with Gasteiger partial charge in [-0.15, -0.1) is 0 Å². The molecule has 0 saturated carbocycles. The molecular formula is C14H20O3S. The Hall–Kier alpha value is -1.16.